The van der Waals surface area contributed by atoms with E-state index in [9.17, 15) is 9.90 Å². The number of carbonyl (C=O) groups is 1. The molecule has 4 aliphatic rings. The van der Waals surface area contributed by atoms with Gasteiger partial charge in [-0.15, -0.1) is 0 Å². The number of halogens is 1. The normalized spacial score (nSPS) is 45.2. The molecule has 0 amide bonds. The van der Waals surface area contributed by atoms with Crippen molar-refractivity contribution in [3.63, 3.8) is 0 Å². The Morgan fingerprint density at radius 3 is 2.50 bits per heavy atom. The summed E-state index contributed by atoms with van der Waals surface area (Å²) in [6.45, 7) is 4.54. The van der Waals surface area contributed by atoms with E-state index in [1.807, 2.05) is 13.8 Å². The fourth-order valence-electron chi connectivity index (χ4n) is 4.86. The molecule has 0 aromatic carbocycles. The van der Waals surface area contributed by atoms with Gasteiger partial charge in [0.05, 0.1) is 12.7 Å². The minimum atomic E-state index is -0.403. The van der Waals surface area contributed by atoms with Crippen LogP contribution in [0.4, 0.5) is 0 Å². The average Bonchev–Trinajstić information content (AvgIpc) is 2.41. The van der Waals surface area contributed by atoms with Gasteiger partial charge in [-0.1, -0.05) is 29.5 Å². The lowest BCUT2D eigenvalue weighted by Crippen LogP contribution is -2.55. The number of esters is 1. The molecular formula is C16H25IO3. The summed E-state index contributed by atoms with van der Waals surface area (Å²) in [6.07, 6.45) is 6.38. The molecule has 114 valence electrons. The summed E-state index contributed by atoms with van der Waals surface area (Å²) in [5.74, 6) is 1.60. The number of hydrogen-bond acceptors (Lipinski definition) is 3. The highest BCUT2D eigenvalue weighted by atomic mass is 127. The highest BCUT2D eigenvalue weighted by Crippen LogP contribution is 2.60. The van der Waals surface area contributed by atoms with Crippen LogP contribution in [0.1, 0.15) is 52.4 Å². The van der Waals surface area contributed by atoms with E-state index in [1.165, 1.54) is 19.3 Å². The van der Waals surface area contributed by atoms with Crippen LogP contribution in [0.25, 0.3) is 0 Å². The molecule has 0 saturated heterocycles. The third-order valence-corrected chi connectivity index (χ3v) is 7.15. The molecule has 4 heteroatoms. The van der Waals surface area contributed by atoms with Crippen molar-refractivity contribution in [2.45, 2.75) is 61.9 Å². The first-order valence-electron chi connectivity index (χ1n) is 7.89. The average molecular weight is 392 g/mol. The summed E-state index contributed by atoms with van der Waals surface area (Å²) in [5, 5.41) is 10.3. The first-order chi connectivity index (χ1) is 9.35. The predicted molar refractivity (Wildman–Crippen MR) is 85.7 cm³/mol. The molecule has 4 fully saturated rings. The number of carbonyl (C=O) groups excluding carboxylic acids is 1. The van der Waals surface area contributed by atoms with Crippen LogP contribution in [0.2, 0.25) is 0 Å². The molecule has 0 radical (unpaired) electrons. The fourth-order valence-corrected chi connectivity index (χ4v) is 5.01. The van der Waals surface area contributed by atoms with E-state index in [-0.39, 0.29) is 17.5 Å². The Morgan fingerprint density at radius 2 is 1.95 bits per heavy atom. The molecule has 4 rings (SSSR count). The second-order valence-electron chi connectivity index (χ2n) is 7.59. The van der Waals surface area contributed by atoms with E-state index < -0.39 is 3.42 Å². The van der Waals surface area contributed by atoms with Crippen molar-refractivity contribution in [1.82, 2.24) is 0 Å². The largest absolute Gasteiger partial charge is 0.464 e. The van der Waals surface area contributed by atoms with Gasteiger partial charge in [0.25, 0.3) is 0 Å². The molecule has 0 aromatic heterocycles. The summed E-state index contributed by atoms with van der Waals surface area (Å²) in [7, 11) is 0. The first-order valence-corrected chi connectivity index (χ1v) is 8.97. The SMILES string of the molecule is CCC(C)(I)C(=O)OCC12CC3CC(C1)C(O)C(C3)C2. The zero-order chi connectivity index (χ0) is 14.5. The maximum atomic E-state index is 12.2. The minimum Gasteiger partial charge on any atom is -0.464 e. The summed E-state index contributed by atoms with van der Waals surface area (Å²) in [4.78, 5) is 12.2. The Morgan fingerprint density at radius 1 is 1.35 bits per heavy atom. The fraction of sp³-hybridized carbons (Fsp3) is 0.938. The molecular weight excluding hydrogens is 367 g/mol. The van der Waals surface area contributed by atoms with Crippen LogP contribution < -0.4 is 0 Å². The first kappa shape index (κ1) is 15.1. The van der Waals surface area contributed by atoms with Gasteiger partial charge in [0.2, 0.25) is 0 Å². The Balaban J connectivity index is 1.65. The monoisotopic (exact) mass is 392 g/mol. The lowest BCUT2D eigenvalue weighted by Gasteiger charge is -2.58. The number of hydrogen-bond donors (Lipinski definition) is 1. The lowest BCUT2D eigenvalue weighted by atomic mass is 9.49. The van der Waals surface area contributed by atoms with Crippen molar-refractivity contribution in [3.8, 4) is 0 Å². The van der Waals surface area contributed by atoms with E-state index >= 15 is 0 Å². The van der Waals surface area contributed by atoms with Gasteiger partial charge in [-0.2, -0.15) is 0 Å². The highest BCUT2D eigenvalue weighted by molar-refractivity contribution is 14.1. The third kappa shape index (κ3) is 2.51. The lowest BCUT2D eigenvalue weighted by molar-refractivity contribution is -0.171. The molecule has 4 aliphatic carbocycles. The summed E-state index contributed by atoms with van der Waals surface area (Å²) < 4.78 is 5.29. The minimum absolute atomic E-state index is 0.0723. The number of aliphatic hydroxyl groups excluding tert-OH is 1. The van der Waals surface area contributed by atoms with Crippen LogP contribution in [-0.2, 0) is 9.53 Å². The van der Waals surface area contributed by atoms with Gasteiger partial charge in [0.15, 0.2) is 0 Å². The number of rotatable bonds is 4. The van der Waals surface area contributed by atoms with Gasteiger partial charge in [-0.3, -0.25) is 4.79 Å². The van der Waals surface area contributed by atoms with Crippen LogP contribution in [0.5, 0.6) is 0 Å². The molecule has 0 spiro atoms. The Labute approximate surface area is 135 Å². The predicted octanol–water partition coefficient (Wildman–Crippen LogP) is 3.32. The van der Waals surface area contributed by atoms with Crippen molar-refractivity contribution in [3.05, 3.63) is 0 Å². The zero-order valence-electron chi connectivity index (χ0n) is 12.4. The molecule has 0 heterocycles. The standard InChI is InChI=1S/C16H25IO3/c1-3-15(2,17)14(19)20-9-16-6-10-4-11(7-16)13(18)12(5-10)8-16/h10-13,18H,3-9H2,1-2H3. The van der Waals surface area contributed by atoms with Crippen LogP contribution in [0.3, 0.4) is 0 Å². The van der Waals surface area contributed by atoms with Crippen LogP contribution >= 0.6 is 22.6 Å². The summed E-state index contributed by atoms with van der Waals surface area (Å²) in [5.41, 5.74) is 0.172. The van der Waals surface area contributed by atoms with Crippen LogP contribution in [0, 0.1) is 23.2 Å². The van der Waals surface area contributed by atoms with Crippen molar-refractivity contribution in [2.75, 3.05) is 6.61 Å². The smallest absolute Gasteiger partial charge is 0.321 e. The molecule has 4 saturated carbocycles. The Kier molecular flexibility index (Phi) is 3.85. The van der Waals surface area contributed by atoms with Crippen LogP contribution in [0.15, 0.2) is 0 Å². The molecule has 4 bridgehead atoms. The van der Waals surface area contributed by atoms with E-state index in [0.717, 1.165) is 25.2 Å². The quantitative estimate of drug-likeness (QED) is 0.454. The van der Waals surface area contributed by atoms with Crippen molar-refractivity contribution < 1.29 is 14.6 Å². The van der Waals surface area contributed by atoms with Crippen molar-refractivity contribution >= 4 is 28.6 Å². The second-order valence-corrected chi connectivity index (χ2v) is 9.97. The Hall–Kier alpha value is 0.160. The molecule has 0 aromatic rings. The van der Waals surface area contributed by atoms with Gasteiger partial charge in [-0.25, -0.2) is 0 Å². The molecule has 3 nitrogen and oxygen atoms in total. The third-order valence-electron chi connectivity index (χ3n) is 5.95. The van der Waals surface area contributed by atoms with Gasteiger partial charge >= 0.3 is 5.97 Å². The van der Waals surface area contributed by atoms with Crippen molar-refractivity contribution in [2.24, 2.45) is 23.2 Å². The number of alkyl halides is 1. The number of aliphatic hydroxyl groups is 1. The summed E-state index contributed by atoms with van der Waals surface area (Å²) >= 11 is 2.20. The Bertz CT molecular complexity index is 391. The van der Waals surface area contributed by atoms with E-state index in [4.69, 9.17) is 4.74 Å². The van der Waals surface area contributed by atoms with E-state index in [0.29, 0.717) is 18.4 Å². The number of ether oxygens (including phenoxy) is 1. The highest BCUT2D eigenvalue weighted by Gasteiger charge is 2.55. The molecule has 3 unspecified atom stereocenters. The van der Waals surface area contributed by atoms with Gasteiger partial charge in [0, 0.05) is 5.41 Å². The zero-order valence-corrected chi connectivity index (χ0v) is 14.6. The maximum Gasteiger partial charge on any atom is 0.321 e. The van der Waals surface area contributed by atoms with E-state index in [1.54, 1.807) is 0 Å². The summed E-state index contributed by atoms with van der Waals surface area (Å²) in [6, 6.07) is 0. The molecule has 1 N–H and O–H groups in total. The van der Waals surface area contributed by atoms with Crippen molar-refractivity contribution in [1.29, 1.82) is 0 Å². The molecule has 20 heavy (non-hydrogen) atoms. The maximum absolute atomic E-state index is 12.2. The van der Waals surface area contributed by atoms with Gasteiger partial charge in [-0.05, 0) is 63.2 Å². The van der Waals surface area contributed by atoms with Gasteiger partial charge in [0.1, 0.15) is 3.42 Å². The molecule has 0 aliphatic heterocycles. The topological polar surface area (TPSA) is 46.5 Å². The molecule has 3 atom stereocenters. The van der Waals surface area contributed by atoms with Crippen LogP contribution in [-0.4, -0.2) is 27.2 Å². The van der Waals surface area contributed by atoms with Gasteiger partial charge < -0.3 is 9.84 Å². The van der Waals surface area contributed by atoms with E-state index in [2.05, 4.69) is 22.6 Å². The second kappa shape index (κ2) is 5.11.